The first kappa shape index (κ1) is 13.7. The molecule has 4 N–H and O–H groups in total. The van der Waals surface area contributed by atoms with E-state index >= 15 is 0 Å². The molecule has 1 rings (SSSR count). The van der Waals surface area contributed by atoms with E-state index in [4.69, 9.17) is 5.14 Å². The van der Waals surface area contributed by atoms with Gasteiger partial charge in [0.2, 0.25) is 10.0 Å². The molecule has 0 aliphatic carbocycles. The predicted molar refractivity (Wildman–Crippen MR) is 61.9 cm³/mol. The molecule has 0 saturated carbocycles. The summed E-state index contributed by atoms with van der Waals surface area (Å²) in [6.45, 7) is 6.82. The number of sulfonamides is 1. The highest BCUT2D eigenvalue weighted by atomic mass is 32.2. The highest BCUT2D eigenvalue weighted by molar-refractivity contribution is 7.89. The van der Waals surface area contributed by atoms with Crippen LogP contribution in [0.2, 0.25) is 0 Å². The monoisotopic (exact) mass is 260 g/mol. The maximum atomic E-state index is 11.8. The van der Waals surface area contributed by atoms with Crippen LogP contribution in [0, 0.1) is 6.92 Å². The molecule has 1 amide bonds. The van der Waals surface area contributed by atoms with E-state index in [0.29, 0.717) is 0 Å². The molecule has 0 spiro atoms. The van der Waals surface area contributed by atoms with Crippen molar-refractivity contribution in [2.75, 3.05) is 0 Å². The van der Waals surface area contributed by atoms with Crippen molar-refractivity contribution >= 4 is 15.9 Å². The standard InChI is InChI=1S/C9H16N4O3S/c1-5-7(17(10,15)16)6(13-12-5)8(14)11-9(2,3)4/h1-4H3,(H,11,14)(H,12,13)(H2,10,15,16). The Balaban J connectivity index is 3.22. The van der Waals surface area contributed by atoms with E-state index in [2.05, 4.69) is 15.5 Å². The highest BCUT2D eigenvalue weighted by Gasteiger charge is 2.27. The van der Waals surface area contributed by atoms with Gasteiger partial charge in [-0.25, -0.2) is 13.6 Å². The summed E-state index contributed by atoms with van der Waals surface area (Å²) in [6.07, 6.45) is 0. The van der Waals surface area contributed by atoms with Gasteiger partial charge in [-0.1, -0.05) is 0 Å². The first-order valence-corrected chi connectivity index (χ1v) is 6.47. The maximum Gasteiger partial charge on any atom is 0.273 e. The number of aromatic nitrogens is 2. The molecule has 0 atom stereocenters. The summed E-state index contributed by atoms with van der Waals surface area (Å²) in [7, 11) is -3.98. The highest BCUT2D eigenvalue weighted by Crippen LogP contribution is 2.16. The van der Waals surface area contributed by atoms with Gasteiger partial charge in [-0.2, -0.15) is 5.10 Å². The van der Waals surface area contributed by atoms with Crippen molar-refractivity contribution < 1.29 is 13.2 Å². The Labute approximate surface area is 99.8 Å². The van der Waals surface area contributed by atoms with Gasteiger partial charge in [-0.05, 0) is 27.7 Å². The molecule has 0 saturated heterocycles. The number of nitrogens with zero attached hydrogens (tertiary/aromatic N) is 1. The van der Waals surface area contributed by atoms with Crippen LogP contribution in [-0.2, 0) is 10.0 Å². The number of rotatable bonds is 2. The van der Waals surface area contributed by atoms with Crippen molar-refractivity contribution in [3.63, 3.8) is 0 Å². The van der Waals surface area contributed by atoms with Crippen molar-refractivity contribution in [3.05, 3.63) is 11.4 Å². The van der Waals surface area contributed by atoms with E-state index in [9.17, 15) is 13.2 Å². The topological polar surface area (TPSA) is 118 Å². The molecule has 1 aromatic rings. The average molecular weight is 260 g/mol. The van der Waals surface area contributed by atoms with E-state index in [-0.39, 0.29) is 16.3 Å². The number of hydrogen-bond acceptors (Lipinski definition) is 4. The number of nitrogens with two attached hydrogens (primary N) is 1. The molecule has 17 heavy (non-hydrogen) atoms. The van der Waals surface area contributed by atoms with E-state index in [1.807, 2.05) is 0 Å². The van der Waals surface area contributed by atoms with Crippen LogP contribution in [0.3, 0.4) is 0 Å². The van der Waals surface area contributed by atoms with Gasteiger partial charge >= 0.3 is 0 Å². The SMILES string of the molecule is Cc1[nH]nc(C(=O)NC(C)(C)C)c1S(N)(=O)=O. The van der Waals surface area contributed by atoms with Crippen molar-refractivity contribution in [1.82, 2.24) is 15.5 Å². The molecule has 0 aromatic carbocycles. The molecule has 0 aliphatic heterocycles. The second kappa shape index (κ2) is 4.11. The quantitative estimate of drug-likeness (QED) is 0.687. The Morgan fingerprint density at radius 3 is 2.35 bits per heavy atom. The van der Waals surface area contributed by atoms with Crippen LogP contribution in [0.25, 0.3) is 0 Å². The maximum absolute atomic E-state index is 11.8. The van der Waals surface area contributed by atoms with Crippen molar-refractivity contribution in [3.8, 4) is 0 Å². The average Bonchev–Trinajstić information content (AvgIpc) is 2.42. The number of amides is 1. The predicted octanol–water partition coefficient (Wildman–Crippen LogP) is -0.106. The molecule has 0 aliphatic rings. The van der Waals surface area contributed by atoms with Crippen LogP contribution in [0.15, 0.2) is 4.90 Å². The lowest BCUT2D eigenvalue weighted by Gasteiger charge is -2.19. The minimum atomic E-state index is -3.98. The molecule has 1 heterocycles. The van der Waals surface area contributed by atoms with Gasteiger partial charge in [0.1, 0.15) is 4.90 Å². The Hall–Kier alpha value is -1.41. The fourth-order valence-corrected chi connectivity index (χ4v) is 2.20. The summed E-state index contributed by atoms with van der Waals surface area (Å²) >= 11 is 0. The molecule has 7 nitrogen and oxygen atoms in total. The summed E-state index contributed by atoms with van der Waals surface area (Å²) in [5.74, 6) is -0.578. The zero-order valence-electron chi connectivity index (χ0n) is 10.2. The zero-order valence-corrected chi connectivity index (χ0v) is 11.0. The molecule has 0 bridgehead atoms. The third kappa shape index (κ3) is 3.27. The molecule has 1 aromatic heterocycles. The number of H-pyrrole nitrogens is 1. The normalized spacial score (nSPS) is 12.5. The van der Waals surface area contributed by atoms with Crippen LogP contribution in [0.5, 0.6) is 0 Å². The summed E-state index contributed by atoms with van der Waals surface area (Å²) in [4.78, 5) is 11.6. The Kier molecular flexibility index (Phi) is 3.30. The van der Waals surface area contributed by atoms with Crippen LogP contribution < -0.4 is 10.5 Å². The first-order valence-electron chi connectivity index (χ1n) is 4.92. The second-order valence-corrected chi connectivity index (χ2v) is 6.27. The Bertz CT molecular complexity index is 539. The smallest absolute Gasteiger partial charge is 0.273 e. The lowest BCUT2D eigenvalue weighted by Crippen LogP contribution is -2.41. The Morgan fingerprint density at radius 1 is 1.41 bits per heavy atom. The van der Waals surface area contributed by atoms with E-state index in [1.54, 1.807) is 20.8 Å². The van der Waals surface area contributed by atoms with Crippen LogP contribution in [-0.4, -0.2) is 30.1 Å². The molecule has 0 unspecified atom stereocenters. The van der Waals surface area contributed by atoms with Gasteiger partial charge in [-0.15, -0.1) is 0 Å². The van der Waals surface area contributed by atoms with Crippen LogP contribution in [0.1, 0.15) is 37.0 Å². The minimum Gasteiger partial charge on any atom is -0.346 e. The van der Waals surface area contributed by atoms with Crippen LogP contribution >= 0.6 is 0 Å². The molecular weight excluding hydrogens is 244 g/mol. The lowest BCUT2D eigenvalue weighted by atomic mass is 10.1. The number of aryl methyl sites for hydroxylation is 1. The largest absolute Gasteiger partial charge is 0.346 e. The number of nitrogens with one attached hydrogen (secondary N) is 2. The summed E-state index contributed by atoms with van der Waals surface area (Å²) in [5.41, 5.74) is -0.453. The number of carbonyl (C=O) groups excluding carboxylic acids is 1. The Morgan fingerprint density at radius 2 is 1.94 bits per heavy atom. The minimum absolute atomic E-state index is 0.208. The third-order valence-corrected chi connectivity index (χ3v) is 2.95. The summed E-state index contributed by atoms with van der Waals surface area (Å²) in [6, 6.07) is 0. The van der Waals surface area contributed by atoms with Gasteiger partial charge < -0.3 is 5.32 Å². The number of hydrogen-bond donors (Lipinski definition) is 3. The first-order chi connectivity index (χ1) is 7.52. The number of primary sulfonamides is 1. The fraction of sp³-hybridized carbons (Fsp3) is 0.556. The summed E-state index contributed by atoms with van der Waals surface area (Å²) < 4.78 is 22.7. The third-order valence-electron chi connectivity index (χ3n) is 1.88. The van der Waals surface area contributed by atoms with Crippen molar-refractivity contribution in [2.45, 2.75) is 38.1 Å². The van der Waals surface area contributed by atoms with E-state index in [1.165, 1.54) is 6.92 Å². The van der Waals surface area contributed by atoms with Gasteiger partial charge in [-0.3, -0.25) is 9.89 Å². The van der Waals surface area contributed by atoms with Gasteiger partial charge in [0.05, 0.1) is 5.69 Å². The molecule has 96 valence electrons. The van der Waals surface area contributed by atoms with Gasteiger partial charge in [0, 0.05) is 5.54 Å². The lowest BCUT2D eigenvalue weighted by molar-refractivity contribution is 0.0911. The van der Waals surface area contributed by atoms with Crippen LogP contribution in [0.4, 0.5) is 0 Å². The summed E-state index contributed by atoms with van der Waals surface area (Å²) in [5, 5.41) is 13.8. The van der Waals surface area contributed by atoms with Gasteiger partial charge in [0.15, 0.2) is 5.69 Å². The molecule has 0 fully saturated rings. The second-order valence-electron chi connectivity index (χ2n) is 4.78. The van der Waals surface area contributed by atoms with Crippen molar-refractivity contribution in [1.29, 1.82) is 0 Å². The van der Waals surface area contributed by atoms with E-state index in [0.717, 1.165) is 0 Å². The van der Waals surface area contributed by atoms with E-state index < -0.39 is 21.5 Å². The zero-order chi connectivity index (χ0) is 13.4. The number of aromatic amines is 1. The molecule has 0 radical (unpaired) electrons. The molecule has 8 heteroatoms. The fourth-order valence-electron chi connectivity index (χ4n) is 1.32. The van der Waals surface area contributed by atoms with Gasteiger partial charge in [0.25, 0.3) is 5.91 Å². The molecular formula is C9H16N4O3S. The van der Waals surface area contributed by atoms with Crippen molar-refractivity contribution in [2.24, 2.45) is 5.14 Å². The number of carbonyl (C=O) groups is 1.